The minimum Gasteiger partial charge on any atom is -0.206 e. The van der Waals surface area contributed by atoms with Gasteiger partial charge < -0.3 is 0 Å². The van der Waals surface area contributed by atoms with Crippen molar-refractivity contribution < 1.29 is 8.42 Å². The van der Waals surface area contributed by atoms with Crippen LogP contribution in [0.1, 0.15) is 12.8 Å². The highest BCUT2D eigenvalue weighted by molar-refractivity contribution is 9.11. The first-order valence-electron chi connectivity index (χ1n) is 5.36. The molecule has 0 aromatic carbocycles. The van der Waals surface area contributed by atoms with E-state index >= 15 is 0 Å². The van der Waals surface area contributed by atoms with Gasteiger partial charge in [0.25, 0.3) is 10.0 Å². The standard InChI is InChI=1S/C10H12BrCl2NO2S2/c1-14(5-6-2-7(12)3-6)18(15,16)9-4-8(13)10(11)17-9/h4,6-7H,2-3,5H2,1H3. The fraction of sp³-hybridized carbons (Fsp3) is 0.600. The normalized spacial score (nSPS) is 24.3. The minimum absolute atomic E-state index is 0.205. The molecule has 0 saturated heterocycles. The lowest BCUT2D eigenvalue weighted by Gasteiger charge is -2.33. The second-order valence-corrected chi connectivity index (χ2v) is 10.1. The molecule has 0 radical (unpaired) electrons. The molecule has 1 aromatic rings. The molecule has 102 valence electrons. The van der Waals surface area contributed by atoms with Crippen LogP contribution in [0.3, 0.4) is 0 Å². The van der Waals surface area contributed by atoms with Crippen LogP contribution in [0.4, 0.5) is 0 Å². The second kappa shape index (κ2) is 5.58. The van der Waals surface area contributed by atoms with Crippen molar-refractivity contribution in [1.29, 1.82) is 0 Å². The number of rotatable bonds is 4. The maximum absolute atomic E-state index is 12.3. The monoisotopic (exact) mass is 391 g/mol. The van der Waals surface area contributed by atoms with Gasteiger partial charge >= 0.3 is 0 Å². The topological polar surface area (TPSA) is 37.4 Å². The van der Waals surface area contributed by atoms with Crippen molar-refractivity contribution in [1.82, 2.24) is 4.31 Å². The molecule has 1 saturated carbocycles. The molecule has 0 N–H and O–H groups in total. The Morgan fingerprint density at radius 1 is 1.56 bits per heavy atom. The summed E-state index contributed by atoms with van der Waals surface area (Å²) >= 11 is 16.1. The van der Waals surface area contributed by atoms with Gasteiger partial charge in [0, 0.05) is 19.0 Å². The molecule has 8 heteroatoms. The van der Waals surface area contributed by atoms with Crippen LogP contribution in [0, 0.1) is 5.92 Å². The highest BCUT2D eigenvalue weighted by atomic mass is 79.9. The SMILES string of the molecule is CN(CC1CC(Cl)C1)S(=O)(=O)c1cc(Cl)c(Br)s1. The van der Waals surface area contributed by atoms with Gasteiger partial charge in [-0.15, -0.1) is 22.9 Å². The smallest absolute Gasteiger partial charge is 0.206 e. The second-order valence-electron chi connectivity index (χ2n) is 4.41. The van der Waals surface area contributed by atoms with E-state index < -0.39 is 10.0 Å². The van der Waals surface area contributed by atoms with Crippen LogP contribution in [-0.2, 0) is 10.0 Å². The Bertz CT molecular complexity index is 521. The van der Waals surface area contributed by atoms with Crippen LogP contribution >= 0.6 is 50.5 Å². The number of hydrogen-bond donors (Lipinski definition) is 0. The third-order valence-corrected chi connectivity index (χ3v) is 8.08. The summed E-state index contributed by atoms with van der Waals surface area (Å²) in [6, 6.07) is 1.48. The number of halogens is 3. The first-order chi connectivity index (χ1) is 8.30. The molecule has 2 rings (SSSR count). The Labute approximate surface area is 129 Å². The molecule has 18 heavy (non-hydrogen) atoms. The van der Waals surface area contributed by atoms with Gasteiger partial charge in [-0.05, 0) is 40.8 Å². The minimum atomic E-state index is -3.44. The number of alkyl halides is 1. The average Bonchev–Trinajstić information content (AvgIpc) is 2.57. The van der Waals surface area contributed by atoms with E-state index in [-0.39, 0.29) is 9.59 Å². The number of sulfonamides is 1. The number of hydrogen-bond acceptors (Lipinski definition) is 3. The van der Waals surface area contributed by atoms with E-state index in [0.717, 1.165) is 24.2 Å². The molecular formula is C10H12BrCl2NO2S2. The Kier molecular flexibility index (Phi) is 4.67. The van der Waals surface area contributed by atoms with Gasteiger partial charge in [0.15, 0.2) is 0 Å². The lowest BCUT2D eigenvalue weighted by Crippen LogP contribution is -2.37. The third-order valence-electron chi connectivity index (χ3n) is 2.98. The van der Waals surface area contributed by atoms with E-state index in [4.69, 9.17) is 23.2 Å². The molecule has 0 aliphatic heterocycles. The lowest BCUT2D eigenvalue weighted by molar-refractivity contribution is 0.269. The summed E-state index contributed by atoms with van der Waals surface area (Å²) in [5.41, 5.74) is 0. The average molecular weight is 393 g/mol. The van der Waals surface area contributed by atoms with Gasteiger partial charge in [-0.2, -0.15) is 4.31 Å². The Morgan fingerprint density at radius 2 is 2.17 bits per heavy atom. The maximum Gasteiger partial charge on any atom is 0.252 e. The molecule has 3 nitrogen and oxygen atoms in total. The van der Waals surface area contributed by atoms with E-state index in [0.29, 0.717) is 21.3 Å². The zero-order valence-electron chi connectivity index (χ0n) is 9.57. The predicted molar refractivity (Wildman–Crippen MR) is 79.2 cm³/mol. The van der Waals surface area contributed by atoms with Gasteiger partial charge in [-0.3, -0.25) is 0 Å². The van der Waals surface area contributed by atoms with E-state index in [2.05, 4.69) is 15.9 Å². The fourth-order valence-electron chi connectivity index (χ4n) is 1.87. The lowest BCUT2D eigenvalue weighted by atomic mass is 9.85. The van der Waals surface area contributed by atoms with Crippen molar-refractivity contribution >= 4 is 60.5 Å². The van der Waals surface area contributed by atoms with E-state index in [9.17, 15) is 8.42 Å². The van der Waals surface area contributed by atoms with E-state index in [1.54, 1.807) is 7.05 Å². The van der Waals surface area contributed by atoms with Crippen molar-refractivity contribution in [3.63, 3.8) is 0 Å². The summed E-state index contributed by atoms with van der Waals surface area (Å²) in [6.45, 7) is 0.513. The summed E-state index contributed by atoms with van der Waals surface area (Å²) in [5.74, 6) is 0.367. The molecule has 1 fully saturated rings. The first kappa shape index (κ1) is 15.1. The van der Waals surface area contributed by atoms with E-state index in [1.807, 2.05) is 0 Å². The summed E-state index contributed by atoms with van der Waals surface area (Å²) in [5, 5.41) is 0.632. The highest BCUT2D eigenvalue weighted by Gasteiger charge is 2.32. The fourth-order valence-corrected chi connectivity index (χ4v) is 6.23. The van der Waals surface area contributed by atoms with Crippen LogP contribution in [0.25, 0.3) is 0 Å². The zero-order chi connectivity index (χ0) is 13.5. The zero-order valence-corrected chi connectivity index (χ0v) is 14.3. The number of thiophene rings is 1. The summed E-state index contributed by atoms with van der Waals surface area (Å²) < 4.78 is 26.8. The molecule has 0 bridgehead atoms. The van der Waals surface area contributed by atoms with E-state index in [1.165, 1.54) is 10.4 Å². The molecule has 1 heterocycles. The Hall–Kier alpha value is 0.670. The molecule has 0 amide bonds. The van der Waals surface area contributed by atoms with Crippen LogP contribution < -0.4 is 0 Å². The van der Waals surface area contributed by atoms with Gasteiger partial charge in [-0.25, -0.2) is 8.42 Å². The largest absolute Gasteiger partial charge is 0.252 e. The van der Waals surface area contributed by atoms with Crippen molar-refractivity contribution in [2.75, 3.05) is 13.6 Å². The van der Waals surface area contributed by atoms with Gasteiger partial charge in [0.05, 0.1) is 8.81 Å². The van der Waals surface area contributed by atoms with Crippen molar-refractivity contribution in [3.05, 3.63) is 14.9 Å². The Balaban J connectivity index is 2.10. The summed E-state index contributed by atoms with van der Waals surface area (Å²) in [4.78, 5) is 0. The van der Waals surface area contributed by atoms with Gasteiger partial charge in [0.2, 0.25) is 0 Å². The van der Waals surface area contributed by atoms with Gasteiger partial charge in [0.1, 0.15) is 4.21 Å². The van der Waals surface area contributed by atoms with Crippen molar-refractivity contribution in [3.8, 4) is 0 Å². The molecular weight excluding hydrogens is 381 g/mol. The van der Waals surface area contributed by atoms with Crippen LogP contribution in [0.2, 0.25) is 5.02 Å². The molecule has 0 atom stereocenters. The first-order valence-corrected chi connectivity index (χ1v) is 9.22. The predicted octanol–water partition coefficient (Wildman–Crippen LogP) is 3.80. The highest BCUT2D eigenvalue weighted by Crippen LogP contribution is 2.37. The molecule has 0 spiro atoms. The maximum atomic E-state index is 12.3. The van der Waals surface area contributed by atoms with Crippen LogP contribution in [0.5, 0.6) is 0 Å². The molecule has 1 aliphatic rings. The molecule has 0 unspecified atom stereocenters. The van der Waals surface area contributed by atoms with Crippen molar-refractivity contribution in [2.24, 2.45) is 5.92 Å². The number of nitrogens with zero attached hydrogens (tertiary/aromatic N) is 1. The molecule has 1 aromatic heterocycles. The third kappa shape index (κ3) is 3.04. The Morgan fingerprint density at radius 3 is 2.61 bits per heavy atom. The summed E-state index contributed by atoms with van der Waals surface area (Å²) in [6.07, 6.45) is 1.77. The quantitative estimate of drug-likeness (QED) is 0.730. The van der Waals surface area contributed by atoms with Gasteiger partial charge in [-0.1, -0.05) is 11.6 Å². The molecule has 1 aliphatic carbocycles. The van der Waals surface area contributed by atoms with Crippen LogP contribution in [-0.4, -0.2) is 31.7 Å². The summed E-state index contributed by atoms with van der Waals surface area (Å²) in [7, 11) is -1.84. The van der Waals surface area contributed by atoms with Crippen molar-refractivity contribution in [2.45, 2.75) is 22.4 Å². The van der Waals surface area contributed by atoms with Crippen LogP contribution in [0.15, 0.2) is 14.1 Å².